The maximum absolute atomic E-state index is 12.6. The van der Waals surface area contributed by atoms with Gasteiger partial charge in [-0.05, 0) is 18.6 Å². The first-order valence-electron chi connectivity index (χ1n) is 3.68. The van der Waals surface area contributed by atoms with Gasteiger partial charge in [-0.3, -0.25) is 0 Å². The predicted octanol–water partition coefficient (Wildman–Crippen LogP) is 1.69. The summed E-state index contributed by atoms with van der Waals surface area (Å²) in [4.78, 5) is 10.1. The summed E-state index contributed by atoms with van der Waals surface area (Å²) in [5.74, 6) is -0.269. The van der Waals surface area contributed by atoms with E-state index >= 15 is 0 Å². The van der Waals surface area contributed by atoms with E-state index in [1.54, 1.807) is 11.8 Å². The van der Waals surface area contributed by atoms with E-state index in [-0.39, 0.29) is 11.7 Å². The van der Waals surface area contributed by atoms with E-state index in [9.17, 15) is 9.18 Å². The van der Waals surface area contributed by atoms with Crippen molar-refractivity contribution in [1.82, 2.24) is 0 Å². The molecule has 0 saturated carbocycles. The second kappa shape index (κ2) is 3.95. The quantitative estimate of drug-likeness (QED) is 0.714. The molecule has 1 rings (SSSR count). The Morgan fingerprint density at radius 1 is 1.82 bits per heavy atom. The van der Waals surface area contributed by atoms with Gasteiger partial charge in [-0.15, -0.1) is 0 Å². The van der Waals surface area contributed by atoms with Crippen LogP contribution in [0.25, 0.3) is 0 Å². The SMILES string of the molecule is O=C(O)C(F)CC1CCCS1. The molecule has 1 heterocycles. The molecule has 4 heteroatoms. The Bertz CT molecular complexity index is 145. The average molecular weight is 178 g/mol. The Hall–Kier alpha value is -0.250. The zero-order valence-corrected chi connectivity index (χ0v) is 6.94. The van der Waals surface area contributed by atoms with E-state index in [0.29, 0.717) is 0 Å². The summed E-state index contributed by atoms with van der Waals surface area (Å²) >= 11 is 1.68. The van der Waals surface area contributed by atoms with Crippen LogP contribution in [0.1, 0.15) is 19.3 Å². The van der Waals surface area contributed by atoms with Gasteiger partial charge in [-0.2, -0.15) is 11.8 Å². The number of hydrogen-bond acceptors (Lipinski definition) is 2. The molecule has 1 saturated heterocycles. The van der Waals surface area contributed by atoms with Gasteiger partial charge >= 0.3 is 5.97 Å². The van der Waals surface area contributed by atoms with Crippen molar-refractivity contribution in [1.29, 1.82) is 0 Å². The molecule has 0 bridgehead atoms. The smallest absolute Gasteiger partial charge is 0.338 e. The summed E-state index contributed by atoms with van der Waals surface area (Å²) < 4.78 is 12.6. The molecule has 0 spiro atoms. The van der Waals surface area contributed by atoms with Gasteiger partial charge in [0.15, 0.2) is 6.17 Å². The van der Waals surface area contributed by atoms with Gasteiger partial charge in [0.25, 0.3) is 0 Å². The molecule has 0 aromatic heterocycles. The van der Waals surface area contributed by atoms with Crippen molar-refractivity contribution < 1.29 is 14.3 Å². The van der Waals surface area contributed by atoms with Crippen molar-refractivity contribution in [3.63, 3.8) is 0 Å². The molecule has 1 fully saturated rings. The van der Waals surface area contributed by atoms with Crippen LogP contribution in [0.15, 0.2) is 0 Å². The van der Waals surface area contributed by atoms with Crippen molar-refractivity contribution in [2.24, 2.45) is 0 Å². The fraction of sp³-hybridized carbons (Fsp3) is 0.857. The third-order valence-electron chi connectivity index (χ3n) is 1.76. The molecule has 0 aliphatic carbocycles. The maximum atomic E-state index is 12.6. The van der Waals surface area contributed by atoms with Crippen molar-refractivity contribution in [2.75, 3.05) is 5.75 Å². The van der Waals surface area contributed by atoms with Crippen LogP contribution in [-0.2, 0) is 4.79 Å². The number of carbonyl (C=O) groups is 1. The highest BCUT2D eigenvalue weighted by Gasteiger charge is 2.24. The predicted molar refractivity (Wildman–Crippen MR) is 42.6 cm³/mol. The zero-order chi connectivity index (χ0) is 8.27. The topological polar surface area (TPSA) is 37.3 Å². The van der Waals surface area contributed by atoms with Gasteiger partial charge in [-0.25, -0.2) is 9.18 Å². The van der Waals surface area contributed by atoms with Gasteiger partial charge in [0.2, 0.25) is 0 Å². The first-order valence-corrected chi connectivity index (χ1v) is 4.73. The van der Waals surface area contributed by atoms with Crippen molar-refractivity contribution >= 4 is 17.7 Å². The Labute approximate surface area is 69.2 Å². The molecule has 0 aromatic rings. The van der Waals surface area contributed by atoms with Crippen LogP contribution in [0.4, 0.5) is 4.39 Å². The van der Waals surface area contributed by atoms with Crippen molar-refractivity contribution in [3.8, 4) is 0 Å². The summed E-state index contributed by atoms with van der Waals surface area (Å²) in [6.07, 6.45) is 0.589. The van der Waals surface area contributed by atoms with E-state index in [1.165, 1.54) is 0 Å². The minimum absolute atomic E-state index is 0.181. The number of hydrogen-bond donors (Lipinski definition) is 1. The maximum Gasteiger partial charge on any atom is 0.338 e. The van der Waals surface area contributed by atoms with Crippen LogP contribution in [0.2, 0.25) is 0 Å². The van der Waals surface area contributed by atoms with Crippen LogP contribution in [0, 0.1) is 0 Å². The lowest BCUT2D eigenvalue weighted by atomic mass is 10.1. The lowest BCUT2D eigenvalue weighted by Gasteiger charge is -2.08. The highest BCUT2D eigenvalue weighted by Crippen LogP contribution is 2.30. The number of aliphatic carboxylic acids is 1. The lowest BCUT2D eigenvalue weighted by molar-refractivity contribution is -0.142. The fourth-order valence-electron chi connectivity index (χ4n) is 1.16. The van der Waals surface area contributed by atoms with E-state index in [4.69, 9.17) is 5.11 Å². The lowest BCUT2D eigenvalue weighted by Crippen LogP contribution is -2.18. The van der Waals surface area contributed by atoms with E-state index in [0.717, 1.165) is 18.6 Å². The van der Waals surface area contributed by atoms with Crippen molar-refractivity contribution in [2.45, 2.75) is 30.7 Å². The molecule has 2 unspecified atom stereocenters. The number of carboxylic acid groups (broad SMARTS) is 1. The normalized spacial score (nSPS) is 26.8. The van der Waals surface area contributed by atoms with Crippen LogP contribution in [-0.4, -0.2) is 28.3 Å². The number of alkyl halides is 1. The molecule has 11 heavy (non-hydrogen) atoms. The highest BCUT2D eigenvalue weighted by molar-refractivity contribution is 8.00. The first kappa shape index (κ1) is 8.84. The third kappa shape index (κ3) is 2.69. The van der Waals surface area contributed by atoms with Crippen LogP contribution >= 0.6 is 11.8 Å². The Balaban J connectivity index is 2.23. The second-order valence-corrected chi connectivity index (χ2v) is 4.08. The van der Waals surface area contributed by atoms with Crippen LogP contribution in [0.5, 0.6) is 0 Å². The zero-order valence-electron chi connectivity index (χ0n) is 6.12. The van der Waals surface area contributed by atoms with Gasteiger partial charge in [0.05, 0.1) is 0 Å². The molecule has 2 nitrogen and oxygen atoms in total. The standard InChI is InChI=1S/C7H11FO2S/c8-6(7(9)10)4-5-2-1-3-11-5/h5-6H,1-4H2,(H,9,10). The monoisotopic (exact) mass is 178 g/mol. The number of rotatable bonds is 3. The van der Waals surface area contributed by atoms with E-state index in [2.05, 4.69) is 0 Å². The fourth-order valence-corrected chi connectivity index (χ4v) is 2.47. The molecule has 1 aliphatic heterocycles. The van der Waals surface area contributed by atoms with Gasteiger partial charge in [0, 0.05) is 11.7 Å². The number of carboxylic acids is 1. The summed E-state index contributed by atoms with van der Waals surface area (Å²) in [6.45, 7) is 0. The molecule has 2 atom stereocenters. The first-order chi connectivity index (χ1) is 5.20. The second-order valence-electron chi connectivity index (χ2n) is 2.68. The Kier molecular flexibility index (Phi) is 3.17. The van der Waals surface area contributed by atoms with Crippen molar-refractivity contribution in [3.05, 3.63) is 0 Å². The van der Waals surface area contributed by atoms with E-state index in [1.807, 2.05) is 0 Å². The molecule has 64 valence electrons. The average Bonchev–Trinajstić information content (AvgIpc) is 2.39. The molecule has 1 N–H and O–H groups in total. The van der Waals surface area contributed by atoms with E-state index < -0.39 is 12.1 Å². The third-order valence-corrected chi connectivity index (χ3v) is 3.19. The summed E-state index contributed by atoms with van der Waals surface area (Å²) in [7, 11) is 0. The molecular formula is C7H11FO2S. The summed E-state index contributed by atoms with van der Waals surface area (Å²) in [5, 5.41) is 8.50. The van der Waals surface area contributed by atoms with Gasteiger partial charge < -0.3 is 5.11 Å². The Morgan fingerprint density at radius 2 is 2.55 bits per heavy atom. The number of halogens is 1. The van der Waals surface area contributed by atoms with Crippen LogP contribution in [0.3, 0.4) is 0 Å². The largest absolute Gasteiger partial charge is 0.479 e. The minimum Gasteiger partial charge on any atom is -0.479 e. The molecule has 1 aliphatic rings. The molecule has 0 aromatic carbocycles. The molecule has 0 amide bonds. The van der Waals surface area contributed by atoms with Crippen LogP contribution < -0.4 is 0 Å². The van der Waals surface area contributed by atoms with Gasteiger partial charge in [0.1, 0.15) is 0 Å². The minimum atomic E-state index is -1.66. The molecule has 0 radical (unpaired) electrons. The summed E-state index contributed by atoms with van der Waals surface area (Å²) in [5.41, 5.74) is 0. The number of thioether (sulfide) groups is 1. The van der Waals surface area contributed by atoms with Gasteiger partial charge in [-0.1, -0.05) is 0 Å². The Morgan fingerprint density at radius 3 is 3.00 bits per heavy atom. The molecular weight excluding hydrogens is 167 g/mol. The summed E-state index contributed by atoms with van der Waals surface area (Å²) in [6, 6.07) is 0. The highest BCUT2D eigenvalue weighted by atomic mass is 32.2.